The Bertz CT molecular complexity index is 420. The monoisotopic (exact) mass is 231 g/mol. The van der Waals surface area contributed by atoms with Gasteiger partial charge in [0.05, 0.1) is 12.7 Å². The Morgan fingerprint density at radius 1 is 1.53 bits per heavy atom. The number of hydrogen-bond acceptors (Lipinski definition) is 2. The van der Waals surface area contributed by atoms with E-state index in [1.165, 1.54) is 0 Å². The second-order valence-electron chi connectivity index (χ2n) is 3.69. The fourth-order valence-electron chi connectivity index (χ4n) is 1.54. The number of nitrogens with one attached hydrogen (secondary N) is 1. The molecule has 0 fully saturated rings. The highest BCUT2D eigenvalue weighted by Gasteiger charge is 2.14. The van der Waals surface area contributed by atoms with Gasteiger partial charge in [0, 0.05) is 12.5 Å². The second kappa shape index (κ2) is 6.59. The first kappa shape index (κ1) is 13.1. The van der Waals surface area contributed by atoms with E-state index in [-0.39, 0.29) is 11.9 Å². The normalized spacial score (nSPS) is 11.4. The van der Waals surface area contributed by atoms with E-state index in [1.54, 1.807) is 25.3 Å². The zero-order chi connectivity index (χ0) is 12.7. The number of benzene rings is 1. The van der Waals surface area contributed by atoms with Crippen molar-refractivity contribution < 1.29 is 9.53 Å². The van der Waals surface area contributed by atoms with Crippen molar-refractivity contribution in [1.29, 1.82) is 0 Å². The van der Waals surface area contributed by atoms with Crippen molar-refractivity contribution in [3.05, 3.63) is 29.8 Å². The summed E-state index contributed by atoms with van der Waals surface area (Å²) < 4.78 is 5.14. The third-order valence-corrected chi connectivity index (χ3v) is 2.54. The predicted octanol–water partition coefficient (Wildman–Crippen LogP) is 2.23. The molecular weight excluding hydrogens is 214 g/mol. The lowest BCUT2D eigenvalue weighted by Crippen LogP contribution is -2.34. The maximum atomic E-state index is 12.0. The van der Waals surface area contributed by atoms with E-state index in [1.807, 2.05) is 13.0 Å². The van der Waals surface area contributed by atoms with Gasteiger partial charge in [-0.05, 0) is 18.6 Å². The van der Waals surface area contributed by atoms with Gasteiger partial charge >= 0.3 is 0 Å². The molecule has 1 aromatic carbocycles. The molecule has 1 N–H and O–H groups in total. The van der Waals surface area contributed by atoms with Gasteiger partial charge in [0.25, 0.3) is 5.91 Å². The SMILES string of the molecule is C#CCC(CC)NC(=O)c1ccccc1OC. The molecule has 0 saturated heterocycles. The summed E-state index contributed by atoms with van der Waals surface area (Å²) in [6, 6.07) is 7.14. The Morgan fingerprint density at radius 2 is 2.24 bits per heavy atom. The van der Waals surface area contributed by atoms with E-state index in [2.05, 4.69) is 11.2 Å². The summed E-state index contributed by atoms with van der Waals surface area (Å²) in [5.74, 6) is 2.98. The molecule has 0 saturated carbocycles. The van der Waals surface area contributed by atoms with Crippen molar-refractivity contribution in [1.82, 2.24) is 5.32 Å². The average Bonchev–Trinajstić information content (AvgIpc) is 2.38. The Morgan fingerprint density at radius 3 is 2.82 bits per heavy atom. The number of para-hydroxylation sites is 1. The highest BCUT2D eigenvalue weighted by Crippen LogP contribution is 2.17. The summed E-state index contributed by atoms with van der Waals surface area (Å²) in [5, 5.41) is 2.90. The quantitative estimate of drug-likeness (QED) is 0.789. The number of carbonyl (C=O) groups is 1. The smallest absolute Gasteiger partial charge is 0.255 e. The van der Waals surface area contributed by atoms with Crippen LogP contribution >= 0.6 is 0 Å². The summed E-state index contributed by atoms with van der Waals surface area (Å²) in [6.07, 6.45) is 6.60. The van der Waals surface area contributed by atoms with Crippen LogP contribution in [0.2, 0.25) is 0 Å². The van der Waals surface area contributed by atoms with Crippen LogP contribution in [0.1, 0.15) is 30.1 Å². The van der Waals surface area contributed by atoms with Gasteiger partial charge < -0.3 is 10.1 Å². The fraction of sp³-hybridized carbons (Fsp3) is 0.357. The van der Waals surface area contributed by atoms with Gasteiger partial charge in [-0.2, -0.15) is 0 Å². The topological polar surface area (TPSA) is 38.3 Å². The number of amides is 1. The first-order chi connectivity index (χ1) is 8.22. The molecular formula is C14H17NO2. The van der Waals surface area contributed by atoms with Crippen LogP contribution in [-0.2, 0) is 0 Å². The number of methoxy groups -OCH3 is 1. The van der Waals surface area contributed by atoms with E-state index in [4.69, 9.17) is 11.2 Å². The molecule has 1 rings (SSSR count). The van der Waals surface area contributed by atoms with Crippen LogP contribution in [0.3, 0.4) is 0 Å². The molecule has 3 nitrogen and oxygen atoms in total. The molecule has 0 spiro atoms. The number of rotatable bonds is 5. The summed E-state index contributed by atoms with van der Waals surface area (Å²) >= 11 is 0. The van der Waals surface area contributed by atoms with Crippen molar-refractivity contribution in [2.75, 3.05) is 7.11 Å². The van der Waals surface area contributed by atoms with Crippen molar-refractivity contribution >= 4 is 5.91 Å². The van der Waals surface area contributed by atoms with Crippen molar-refractivity contribution in [3.63, 3.8) is 0 Å². The first-order valence-corrected chi connectivity index (χ1v) is 5.60. The van der Waals surface area contributed by atoms with Gasteiger partial charge in [0.15, 0.2) is 0 Å². The Labute approximate surface area is 102 Å². The molecule has 0 heterocycles. The van der Waals surface area contributed by atoms with Gasteiger partial charge in [-0.25, -0.2) is 0 Å². The zero-order valence-electron chi connectivity index (χ0n) is 10.2. The fourth-order valence-corrected chi connectivity index (χ4v) is 1.54. The van der Waals surface area contributed by atoms with Crippen LogP contribution in [0, 0.1) is 12.3 Å². The lowest BCUT2D eigenvalue weighted by molar-refractivity contribution is 0.0933. The molecule has 0 aliphatic heterocycles. The van der Waals surface area contributed by atoms with Crippen molar-refractivity contribution in [2.45, 2.75) is 25.8 Å². The second-order valence-corrected chi connectivity index (χ2v) is 3.69. The molecule has 0 bridgehead atoms. The standard InChI is InChI=1S/C14H17NO2/c1-4-8-11(5-2)15-14(16)12-9-6-7-10-13(12)17-3/h1,6-7,9-11H,5,8H2,2-3H3,(H,15,16). The number of carbonyl (C=O) groups excluding carboxylic acids is 1. The van der Waals surface area contributed by atoms with Gasteiger partial charge in [-0.15, -0.1) is 12.3 Å². The summed E-state index contributed by atoms with van der Waals surface area (Å²) in [5.41, 5.74) is 0.533. The maximum absolute atomic E-state index is 12.0. The predicted molar refractivity (Wildman–Crippen MR) is 68.0 cm³/mol. The molecule has 1 amide bonds. The number of terminal acetylenes is 1. The summed E-state index contributed by atoms with van der Waals surface area (Å²) in [7, 11) is 1.55. The molecule has 1 aromatic rings. The number of hydrogen-bond donors (Lipinski definition) is 1. The third-order valence-electron chi connectivity index (χ3n) is 2.54. The van der Waals surface area contributed by atoms with Crippen molar-refractivity contribution in [3.8, 4) is 18.1 Å². The lowest BCUT2D eigenvalue weighted by Gasteiger charge is -2.15. The van der Waals surface area contributed by atoms with Gasteiger partial charge in [0.2, 0.25) is 0 Å². The largest absolute Gasteiger partial charge is 0.496 e. The molecule has 1 unspecified atom stereocenters. The molecule has 17 heavy (non-hydrogen) atoms. The van der Waals surface area contributed by atoms with E-state index < -0.39 is 0 Å². The highest BCUT2D eigenvalue weighted by atomic mass is 16.5. The van der Waals surface area contributed by atoms with Crippen LogP contribution in [0.15, 0.2) is 24.3 Å². The van der Waals surface area contributed by atoms with Crippen LogP contribution in [0.25, 0.3) is 0 Å². The minimum Gasteiger partial charge on any atom is -0.496 e. The Balaban J connectivity index is 2.79. The summed E-state index contributed by atoms with van der Waals surface area (Å²) in [6.45, 7) is 1.99. The zero-order valence-corrected chi connectivity index (χ0v) is 10.2. The Kier molecular flexibility index (Phi) is 5.09. The van der Waals surface area contributed by atoms with Crippen LogP contribution < -0.4 is 10.1 Å². The third kappa shape index (κ3) is 3.53. The minimum atomic E-state index is -0.149. The van der Waals surface area contributed by atoms with Gasteiger partial charge in [0.1, 0.15) is 5.75 Å². The maximum Gasteiger partial charge on any atom is 0.255 e. The van der Waals surface area contributed by atoms with Gasteiger partial charge in [-0.3, -0.25) is 4.79 Å². The Hall–Kier alpha value is -1.95. The van der Waals surface area contributed by atoms with E-state index >= 15 is 0 Å². The van der Waals surface area contributed by atoms with Crippen LogP contribution in [0.5, 0.6) is 5.75 Å². The first-order valence-electron chi connectivity index (χ1n) is 5.60. The van der Waals surface area contributed by atoms with Crippen molar-refractivity contribution in [2.24, 2.45) is 0 Å². The molecule has 3 heteroatoms. The molecule has 90 valence electrons. The van der Waals surface area contributed by atoms with E-state index in [0.29, 0.717) is 17.7 Å². The van der Waals surface area contributed by atoms with E-state index in [9.17, 15) is 4.79 Å². The molecule has 0 aromatic heterocycles. The minimum absolute atomic E-state index is 0.0115. The summed E-state index contributed by atoms with van der Waals surface area (Å²) in [4.78, 5) is 12.0. The lowest BCUT2D eigenvalue weighted by atomic mass is 10.1. The van der Waals surface area contributed by atoms with Crippen LogP contribution in [-0.4, -0.2) is 19.1 Å². The van der Waals surface area contributed by atoms with Crippen LogP contribution in [0.4, 0.5) is 0 Å². The van der Waals surface area contributed by atoms with Gasteiger partial charge in [-0.1, -0.05) is 19.1 Å². The molecule has 0 radical (unpaired) electrons. The molecule has 1 atom stereocenters. The van der Waals surface area contributed by atoms with E-state index in [0.717, 1.165) is 6.42 Å². The average molecular weight is 231 g/mol. The molecule has 0 aliphatic carbocycles. The highest BCUT2D eigenvalue weighted by molar-refractivity contribution is 5.97. The molecule has 0 aliphatic rings. The number of ether oxygens (including phenoxy) is 1.